The molecular weight excluding hydrogens is 494 g/mol. The van der Waals surface area contributed by atoms with Gasteiger partial charge in [0.2, 0.25) is 5.91 Å². The van der Waals surface area contributed by atoms with E-state index < -0.39 is 29.9 Å². The Morgan fingerprint density at radius 1 is 0.919 bits per heavy atom. The number of carboxylic acids is 1. The molecule has 3 rings (SSSR count). The lowest BCUT2D eigenvalue weighted by Crippen LogP contribution is -2.51. The van der Waals surface area contributed by atoms with E-state index in [-0.39, 0.29) is 30.4 Å². The molecule has 3 atom stereocenters. The Labute approximate surface area is 220 Å². The summed E-state index contributed by atoms with van der Waals surface area (Å²) < 4.78 is 5.88. The molecule has 0 saturated heterocycles. The molecule has 0 aliphatic heterocycles. The number of carboxylic acid groups (broad SMARTS) is 1. The molecular formula is C28H30ClN3O5. The third-order valence-electron chi connectivity index (χ3n) is 5.62. The molecule has 3 aromatic rings. The predicted octanol–water partition coefficient (Wildman–Crippen LogP) is 3.22. The summed E-state index contributed by atoms with van der Waals surface area (Å²) in [5.41, 5.74) is 8.27. The van der Waals surface area contributed by atoms with E-state index in [0.29, 0.717) is 11.4 Å². The monoisotopic (exact) mass is 523 g/mol. The van der Waals surface area contributed by atoms with Gasteiger partial charge < -0.3 is 26.2 Å². The average Bonchev–Trinajstić information content (AvgIpc) is 2.88. The molecule has 0 heterocycles. The molecule has 0 fully saturated rings. The third-order valence-corrected chi connectivity index (χ3v) is 5.85. The van der Waals surface area contributed by atoms with Crippen molar-refractivity contribution in [2.45, 2.75) is 37.9 Å². The number of rotatable bonds is 12. The highest BCUT2D eigenvalue weighted by Gasteiger charge is 2.26. The van der Waals surface area contributed by atoms with Crippen molar-refractivity contribution in [2.75, 3.05) is 6.61 Å². The van der Waals surface area contributed by atoms with Crippen molar-refractivity contribution in [3.8, 4) is 5.75 Å². The zero-order valence-corrected chi connectivity index (χ0v) is 21.2. The zero-order chi connectivity index (χ0) is 26.8. The highest BCUT2D eigenvalue weighted by Crippen LogP contribution is 2.24. The normalized spacial score (nSPS) is 13.2. The molecule has 5 N–H and O–H groups in total. The van der Waals surface area contributed by atoms with Crippen LogP contribution >= 0.6 is 11.6 Å². The second-order valence-corrected chi connectivity index (χ2v) is 9.12. The molecule has 0 spiro atoms. The number of amides is 2. The van der Waals surface area contributed by atoms with Gasteiger partial charge in [-0.2, -0.15) is 0 Å². The van der Waals surface area contributed by atoms with Crippen LogP contribution in [0.4, 0.5) is 0 Å². The smallest absolute Gasteiger partial charge is 0.325 e. The number of nitrogens with one attached hydrogen (secondary N) is 2. The Bertz CT molecular complexity index is 1210. The number of aliphatic carboxylic acids is 1. The summed E-state index contributed by atoms with van der Waals surface area (Å²) in [5.74, 6) is -2.14. The molecule has 8 nitrogen and oxygen atoms in total. The maximum absolute atomic E-state index is 13.3. The van der Waals surface area contributed by atoms with E-state index in [4.69, 9.17) is 22.1 Å². The van der Waals surface area contributed by atoms with Gasteiger partial charge in [-0.15, -0.1) is 0 Å². The molecule has 9 heteroatoms. The summed E-state index contributed by atoms with van der Waals surface area (Å²) in [6.07, 6.45) is 0.750. The first kappa shape index (κ1) is 27.7. The first-order valence-electron chi connectivity index (χ1n) is 11.8. The van der Waals surface area contributed by atoms with Crippen molar-refractivity contribution in [1.82, 2.24) is 10.6 Å². The van der Waals surface area contributed by atoms with Crippen LogP contribution in [0, 0.1) is 0 Å². The molecule has 0 unspecified atom stereocenters. The molecule has 37 heavy (non-hydrogen) atoms. The van der Waals surface area contributed by atoms with E-state index in [1.807, 2.05) is 60.7 Å². The zero-order valence-electron chi connectivity index (χ0n) is 20.4. The van der Waals surface area contributed by atoms with Crippen LogP contribution in [0.1, 0.15) is 28.4 Å². The lowest BCUT2D eigenvalue weighted by molar-refractivity contribution is -0.141. The van der Waals surface area contributed by atoms with E-state index in [2.05, 4.69) is 10.6 Å². The number of hydrogen-bond acceptors (Lipinski definition) is 5. The van der Waals surface area contributed by atoms with Gasteiger partial charge in [-0.3, -0.25) is 14.4 Å². The maximum atomic E-state index is 13.3. The van der Waals surface area contributed by atoms with Crippen molar-refractivity contribution >= 4 is 29.4 Å². The Kier molecular flexibility index (Phi) is 10.1. The predicted molar refractivity (Wildman–Crippen MR) is 142 cm³/mol. The maximum Gasteiger partial charge on any atom is 0.325 e. The quantitative estimate of drug-likeness (QED) is 0.288. The minimum atomic E-state index is -1.18. The lowest BCUT2D eigenvalue weighted by Gasteiger charge is -2.21. The number of ether oxygens (including phenoxy) is 1. The summed E-state index contributed by atoms with van der Waals surface area (Å²) in [7, 11) is 0. The van der Waals surface area contributed by atoms with Crippen molar-refractivity contribution < 1.29 is 24.2 Å². The van der Waals surface area contributed by atoms with Gasteiger partial charge in [-0.1, -0.05) is 72.3 Å². The van der Waals surface area contributed by atoms with Gasteiger partial charge in [0.05, 0.1) is 5.56 Å². The number of carbonyl (C=O) groups is 3. The molecule has 3 aromatic carbocycles. The van der Waals surface area contributed by atoms with Gasteiger partial charge in [0.25, 0.3) is 5.91 Å². The third kappa shape index (κ3) is 8.63. The van der Waals surface area contributed by atoms with Crippen LogP contribution < -0.4 is 21.1 Å². The minimum Gasteiger partial charge on any atom is -0.491 e. The van der Waals surface area contributed by atoms with Crippen LogP contribution in [-0.2, 0) is 22.4 Å². The van der Waals surface area contributed by atoms with Crippen LogP contribution in [0.2, 0.25) is 5.02 Å². The van der Waals surface area contributed by atoms with Crippen molar-refractivity contribution in [3.05, 3.63) is 101 Å². The second-order valence-electron chi connectivity index (χ2n) is 8.69. The van der Waals surface area contributed by atoms with E-state index in [1.54, 1.807) is 6.07 Å². The number of halogens is 1. The number of benzene rings is 3. The molecule has 0 radical (unpaired) electrons. The highest BCUT2D eigenvalue weighted by atomic mass is 35.5. The Morgan fingerprint density at radius 3 is 2.11 bits per heavy atom. The van der Waals surface area contributed by atoms with Crippen LogP contribution in [0.15, 0.2) is 78.9 Å². The molecule has 0 aromatic heterocycles. The Morgan fingerprint density at radius 2 is 1.51 bits per heavy atom. The minimum absolute atomic E-state index is 0.138. The summed E-state index contributed by atoms with van der Waals surface area (Å²) in [4.78, 5) is 37.4. The van der Waals surface area contributed by atoms with Crippen molar-refractivity contribution in [3.63, 3.8) is 0 Å². The number of nitrogens with two attached hydrogens (primary N) is 1. The highest BCUT2D eigenvalue weighted by molar-refractivity contribution is 6.30. The van der Waals surface area contributed by atoms with Crippen molar-refractivity contribution in [1.29, 1.82) is 0 Å². The van der Waals surface area contributed by atoms with E-state index in [1.165, 1.54) is 19.1 Å². The summed E-state index contributed by atoms with van der Waals surface area (Å²) >= 11 is 6.15. The number of carbonyl (C=O) groups excluding carboxylic acids is 2. The summed E-state index contributed by atoms with van der Waals surface area (Å²) in [5, 5.41) is 14.7. The molecule has 0 saturated carbocycles. The fraction of sp³-hybridized carbons (Fsp3) is 0.250. The van der Waals surface area contributed by atoms with Gasteiger partial charge in [-0.05, 0) is 42.7 Å². The molecule has 0 bridgehead atoms. The first-order chi connectivity index (χ1) is 17.7. The standard InChI is InChI=1S/C28H30ClN3O5/c1-18(28(35)36)31-27(34)24(15-20-10-6-3-7-11-20)32-26(33)23-13-12-21(29)16-25(23)37-17-22(30)14-19-8-4-2-5-9-19/h2-13,16,18,22,24H,14-15,17,30H2,1H3,(H,31,34)(H,32,33)(H,35,36)/t18-,22-,24-/m0/s1. The van der Waals surface area contributed by atoms with Gasteiger partial charge in [0.1, 0.15) is 24.4 Å². The van der Waals surface area contributed by atoms with Crippen LogP contribution in [-0.4, -0.2) is 47.6 Å². The SMILES string of the molecule is C[C@H](NC(=O)[C@H](Cc1ccccc1)NC(=O)c1ccc(Cl)cc1OC[C@@H](N)Cc1ccccc1)C(=O)O. The lowest BCUT2D eigenvalue weighted by atomic mass is 10.0. The van der Waals surface area contributed by atoms with Gasteiger partial charge >= 0.3 is 5.97 Å². The summed E-state index contributed by atoms with van der Waals surface area (Å²) in [6.45, 7) is 1.49. The summed E-state index contributed by atoms with van der Waals surface area (Å²) in [6, 6.07) is 20.9. The van der Waals surface area contributed by atoms with Crippen LogP contribution in [0.3, 0.4) is 0 Å². The molecule has 0 aliphatic rings. The van der Waals surface area contributed by atoms with E-state index in [9.17, 15) is 19.5 Å². The van der Waals surface area contributed by atoms with Crippen LogP contribution in [0.5, 0.6) is 5.75 Å². The fourth-order valence-electron chi connectivity index (χ4n) is 3.65. The van der Waals surface area contributed by atoms with E-state index >= 15 is 0 Å². The second kappa shape index (κ2) is 13.4. The Hall–Kier alpha value is -3.88. The largest absolute Gasteiger partial charge is 0.491 e. The van der Waals surface area contributed by atoms with Gasteiger partial charge in [0, 0.05) is 17.5 Å². The average molecular weight is 524 g/mol. The number of hydrogen-bond donors (Lipinski definition) is 4. The van der Waals surface area contributed by atoms with Crippen LogP contribution in [0.25, 0.3) is 0 Å². The molecule has 194 valence electrons. The van der Waals surface area contributed by atoms with Gasteiger partial charge in [-0.25, -0.2) is 0 Å². The fourth-order valence-corrected chi connectivity index (χ4v) is 3.81. The van der Waals surface area contributed by atoms with E-state index in [0.717, 1.165) is 11.1 Å². The van der Waals surface area contributed by atoms with Crippen molar-refractivity contribution in [2.24, 2.45) is 5.73 Å². The Balaban J connectivity index is 1.75. The topological polar surface area (TPSA) is 131 Å². The molecule has 2 amide bonds. The molecule has 0 aliphatic carbocycles. The first-order valence-corrected chi connectivity index (χ1v) is 12.2. The van der Waals surface area contributed by atoms with Gasteiger partial charge in [0.15, 0.2) is 0 Å².